The van der Waals surface area contributed by atoms with Crippen LogP contribution in [0.4, 0.5) is 0 Å². The lowest BCUT2D eigenvalue weighted by atomic mass is 10.3. The third kappa shape index (κ3) is 2.30. The van der Waals surface area contributed by atoms with E-state index in [4.69, 9.17) is 17.0 Å². The number of nitrogens with zero attached hydrogens (tertiary/aromatic N) is 3. The maximum Gasteiger partial charge on any atom is 0.215 e. The molecule has 3 rings (SSSR count). The number of aromatic amines is 1. The quantitative estimate of drug-likeness (QED) is 0.752. The highest BCUT2D eigenvalue weighted by Crippen LogP contribution is 2.17. The first-order chi connectivity index (χ1) is 9.67. The zero-order valence-corrected chi connectivity index (χ0v) is 12.1. The molecule has 20 heavy (non-hydrogen) atoms. The van der Waals surface area contributed by atoms with Gasteiger partial charge in [0.2, 0.25) is 5.88 Å². The van der Waals surface area contributed by atoms with E-state index >= 15 is 0 Å². The summed E-state index contributed by atoms with van der Waals surface area (Å²) in [5.41, 5.74) is 3.60. The molecule has 0 atom stereocenters. The van der Waals surface area contributed by atoms with Gasteiger partial charge in [-0.05, 0) is 37.3 Å². The zero-order chi connectivity index (χ0) is 14.1. The van der Waals surface area contributed by atoms with Crippen LogP contribution >= 0.6 is 12.2 Å². The largest absolute Gasteiger partial charge is 0.481 e. The van der Waals surface area contributed by atoms with Gasteiger partial charge in [0.15, 0.2) is 10.4 Å². The van der Waals surface area contributed by atoms with E-state index in [1.807, 2.05) is 41.8 Å². The number of imidazole rings is 1. The molecule has 0 radical (unpaired) electrons. The van der Waals surface area contributed by atoms with E-state index in [0.717, 1.165) is 22.6 Å². The molecule has 0 saturated carbocycles. The van der Waals surface area contributed by atoms with Gasteiger partial charge >= 0.3 is 0 Å². The molecule has 6 heteroatoms. The van der Waals surface area contributed by atoms with Gasteiger partial charge in [-0.2, -0.15) is 4.98 Å². The van der Waals surface area contributed by atoms with Crippen molar-refractivity contribution in [2.45, 2.75) is 13.5 Å². The molecular formula is C14H14N4OS. The van der Waals surface area contributed by atoms with Gasteiger partial charge in [0.25, 0.3) is 0 Å². The second-order valence-corrected chi connectivity index (χ2v) is 4.90. The van der Waals surface area contributed by atoms with Crippen molar-refractivity contribution in [2.75, 3.05) is 7.11 Å². The van der Waals surface area contributed by atoms with Crippen LogP contribution in [0.25, 0.3) is 11.2 Å². The van der Waals surface area contributed by atoms with Crippen LogP contribution in [0.3, 0.4) is 0 Å². The number of nitrogens with one attached hydrogen (secondary N) is 1. The topological polar surface area (TPSA) is 55.7 Å². The summed E-state index contributed by atoms with van der Waals surface area (Å²) in [5, 5.41) is 0. The third-order valence-electron chi connectivity index (χ3n) is 3.07. The smallest absolute Gasteiger partial charge is 0.215 e. The summed E-state index contributed by atoms with van der Waals surface area (Å²) in [6.45, 7) is 2.56. The summed E-state index contributed by atoms with van der Waals surface area (Å²) in [7, 11) is 1.60. The summed E-state index contributed by atoms with van der Waals surface area (Å²) >= 11 is 5.36. The summed E-state index contributed by atoms with van der Waals surface area (Å²) < 4.78 is 7.72. The Morgan fingerprint density at radius 2 is 2.10 bits per heavy atom. The summed E-state index contributed by atoms with van der Waals surface area (Å²) in [6, 6.07) is 9.66. The standard InChI is InChI=1S/C14H14N4OS/c1-9-4-3-5-10(15-9)8-18-13-11(16-14(18)20)6-7-12(17-13)19-2/h3-7H,8H2,1-2H3,(H,16,20). The summed E-state index contributed by atoms with van der Waals surface area (Å²) in [5.74, 6) is 0.567. The summed E-state index contributed by atoms with van der Waals surface area (Å²) in [4.78, 5) is 12.1. The van der Waals surface area contributed by atoms with Crippen LogP contribution in [0.15, 0.2) is 30.3 Å². The molecule has 3 aromatic rings. The van der Waals surface area contributed by atoms with Crippen LogP contribution in [0, 0.1) is 11.7 Å². The van der Waals surface area contributed by atoms with Gasteiger partial charge in [0.05, 0.1) is 24.9 Å². The minimum atomic E-state index is 0.567. The number of aryl methyl sites for hydroxylation is 1. The highest BCUT2D eigenvalue weighted by molar-refractivity contribution is 7.71. The molecule has 3 heterocycles. The highest BCUT2D eigenvalue weighted by atomic mass is 32.1. The average molecular weight is 286 g/mol. The van der Waals surface area contributed by atoms with E-state index in [-0.39, 0.29) is 0 Å². The fourth-order valence-corrected chi connectivity index (χ4v) is 2.38. The van der Waals surface area contributed by atoms with Gasteiger partial charge in [-0.25, -0.2) is 0 Å². The molecule has 3 aromatic heterocycles. The molecular weight excluding hydrogens is 272 g/mol. The predicted molar refractivity (Wildman–Crippen MR) is 79.5 cm³/mol. The van der Waals surface area contributed by atoms with Crippen molar-refractivity contribution < 1.29 is 4.74 Å². The summed E-state index contributed by atoms with van der Waals surface area (Å²) in [6.07, 6.45) is 0. The zero-order valence-electron chi connectivity index (χ0n) is 11.3. The van der Waals surface area contributed by atoms with Gasteiger partial charge in [-0.3, -0.25) is 9.55 Å². The van der Waals surface area contributed by atoms with Crippen molar-refractivity contribution in [1.29, 1.82) is 0 Å². The van der Waals surface area contributed by atoms with Crippen molar-refractivity contribution in [2.24, 2.45) is 0 Å². The molecule has 5 nitrogen and oxygen atoms in total. The van der Waals surface area contributed by atoms with Gasteiger partial charge in [0, 0.05) is 11.8 Å². The first kappa shape index (κ1) is 12.8. The number of aromatic nitrogens is 4. The lowest BCUT2D eigenvalue weighted by Crippen LogP contribution is -2.03. The molecule has 0 aliphatic carbocycles. The molecule has 0 amide bonds. The first-order valence-electron chi connectivity index (χ1n) is 6.23. The van der Waals surface area contributed by atoms with E-state index in [2.05, 4.69) is 15.0 Å². The van der Waals surface area contributed by atoms with Gasteiger partial charge in [-0.1, -0.05) is 6.07 Å². The predicted octanol–water partition coefficient (Wildman–Crippen LogP) is 2.85. The number of hydrogen-bond donors (Lipinski definition) is 1. The molecule has 0 aromatic carbocycles. The lowest BCUT2D eigenvalue weighted by molar-refractivity contribution is 0.399. The minimum Gasteiger partial charge on any atom is -0.481 e. The normalized spacial score (nSPS) is 10.9. The van der Waals surface area contributed by atoms with Crippen molar-refractivity contribution in [1.82, 2.24) is 19.5 Å². The number of fused-ring (bicyclic) bond motifs is 1. The molecule has 0 aliphatic heterocycles. The molecule has 0 spiro atoms. The van der Waals surface area contributed by atoms with Crippen LogP contribution in [-0.4, -0.2) is 26.6 Å². The van der Waals surface area contributed by atoms with Gasteiger partial charge in [0.1, 0.15) is 0 Å². The van der Waals surface area contributed by atoms with Crippen molar-refractivity contribution >= 4 is 23.4 Å². The third-order valence-corrected chi connectivity index (χ3v) is 3.39. The van der Waals surface area contributed by atoms with Crippen LogP contribution in [0.5, 0.6) is 5.88 Å². The number of hydrogen-bond acceptors (Lipinski definition) is 4. The van der Waals surface area contributed by atoms with E-state index in [9.17, 15) is 0 Å². The minimum absolute atomic E-state index is 0.567. The Labute approximate surface area is 121 Å². The Hall–Kier alpha value is -2.21. The first-order valence-corrected chi connectivity index (χ1v) is 6.64. The number of pyridine rings is 2. The lowest BCUT2D eigenvalue weighted by Gasteiger charge is -2.05. The molecule has 0 saturated heterocycles. The van der Waals surface area contributed by atoms with Crippen molar-refractivity contribution in [3.63, 3.8) is 0 Å². The average Bonchev–Trinajstić information content (AvgIpc) is 2.74. The number of H-pyrrole nitrogens is 1. The number of rotatable bonds is 3. The van der Waals surface area contributed by atoms with Crippen LogP contribution in [0.1, 0.15) is 11.4 Å². The van der Waals surface area contributed by atoms with Crippen LogP contribution in [0.2, 0.25) is 0 Å². The maximum atomic E-state index is 5.36. The van der Waals surface area contributed by atoms with Crippen molar-refractivity contribution in [3.8, 4) is 5.88 Å². The Kier molecular flexibility index (Phi) is 3.23. The molecule has 0 bridgehead atoms. The van der Waals surface area contributed by atoms with E-state index in [0.29, 0.717) is 17.2 Å². The second-order valence-electron chi connectivity index (χ2n) is 4.51. The fraction of sp³-hybridized carbons (Fsp3) is 0.214. The second kappa shape index (κ2) is 5.05. The molecule has 1 N–H and O–H groups in total. The van der Waals surface area contributed by atoms with E-state index in [1.54, 1.807) is 7.11 Å². The van der Waals surface area contributed by atoms with Gasteiger partial charge < -0.3 is 9.72 Å². The Bertz CT molecular complexity index is 821. The van der Waals surface area contributed by atoms with E-state index < -0.39 is 0 Å². The SMILES string of the molecule is COc1ccc2[nH]c(=S)n(Cc3cccc(C)n3)c2n1. The Morgan fingerprint density at radius 3 is 2.85 bits per heavy atom. The van der Waals surface area contributed by atoms with E-state index in [1.165, 1.54) is 0 Å². The highest BCUT2D eigenvalue weighted by Gasteiger charge is 2.08. The number of ether oxygens (including phenoxy) is 1. The van der Waals surface area contributed by atoms with Gasteiger partial charge in [-0.15, -0.1) is 0 Å². The number of methoxy groups -OCH3 is 1. The fourth-order valence-electron chi connectivity index (χ4n) is 2.12. The maximum absolute atomic E-state index is 5.36. The molecule has 0 unspecified atom stereocenters. The molecule has 102 valence electrons. The Balaban J connectivity index is 2.10. The Morgan fingerprint density at radius 1 is 1.25 bits per heavy atom. The van der Waals surface area contributed by atoms with Crippen LogP contribution in [-0.2, 0) is 6.54 Å². The van der Waals surface area contributed by atoms with Crippen molar-refractivity contribution in [3.05, 3.63) is 46.5 Å². The monoisotopic (exact) mass is 286 g/mol. The molecule has 0 fully saturated rings. The molecule has 0 aliphatic rings. The van der Waals surface area contributed by atoms with Crippen LogP contribution < -0.4 is 4.74 Å².